The van der Waals surface area contributed by atoms with Gasteiger partial charge in [0.1, 0.15) is 7.05 Å². The molecule has 0 saturated heterocycles. The van der Waals surface area contributed by atoms with E-state index in [4.69, 9.17) is 4.11 Å². The predicted molar refractivity (Wildman–Crippen MR) is 134 cm³/mol. The standard InChI is InChI=1S/C26H36NSi2/c1-19-10-15-25(27(3)18-19)23-17-24(26(16-20(23)2)29(7,8)9)21-11-13-22(14-12-21)28(4,5)6/h10-18H,1-9H3/q+1/i1D3. The summed E-state index contributed by atoms with van der Waals surface area (Å²) in [7, 11) is -1.01. The van der Waals surface area contributed by atoms with Gasteiger partial charge in [-0.05, 0) is 42.6 Å². The van der Waals surface area contributed by atoms with Gasteiger partial charge in [-0.3, -0.25) is 0 Å². The quantitative estimate of drug-likeness (QED) is 0.384. The fourth-order valence-electron chi connectivity index (χ4n) is 3.88. The monoisotopic (exact) mass is 421 g/mol. The van der Waals surface area contributed by atoms with E-state index in [1.807, 2.05) is 17.7 Å². The van der Waals surface area contributed by atoms with Gasteiger partial charge >= 0.3 is 0 Å². The van der Waals surface area contributed by atoms with Crippen molar-refractivity contribution in [3.05, 3.63) is 65.9 Å². The summed E-state index contributed by atoms with van der Waals surface area (Å²) in [4.78, 5) is 0. The van der Waals surface area contributed by atoms with E-state index in [0.717, 1.165) is 11.3 Å². The van der Waals surface area contributed by atoms with Crippen LogP contribution in [0.1, 0.15) is 15.2 Å². The Morgan fingerprint density at radius 1 is 0.793 bits per heavy atom. The van der Waals surface area contributed by atoms with Gasteiger partial charge in [-0.1, -0.05) is 80.0 Å². The minimum absolute atomic E-state index is 0.363. The molecule has 1 aromatic heterocycles. The molecule has 0 aliphatic heterocycles. The number of nitrogens with zero attached hydrogens (tertiary/aromatic N) is 1. The zero-order chi connectivity index (χ0) is 24.1. The summed E-state index contributed by atoms with van der Waals surface area (Å²) in [5.41, 5.74) is 6.32. The van der Waals surface area contributed by atoms with Crippen LogP contribution in [0.3, 0.4) is 0 Å². The molecule has 0 amide bonds. The summed E-state index contributed by atoms with van der Waals surface area (Å²) >= 11 is 0. The van der Waals surface area contributed by atoms with Crippen molar-refractivity contribution < 1.29 is 8.68 Å². The molecule has 0 radical (unpaired) electrons. The second kappa shape index (κ2) is 7.69. The molecule has 0 fully saturated rings. The highest BCUT2D eigenvalue weighted by atomic mass is 28.3. The molecule has 0 spiro atoms. The van der Waals surface area contributed by atoms with Crippen LogP contribution in [0.4, 0.5) is 0 Å². The number of aryl methyl sites for hydroxylation is 3. The number of pyridine rings is 1. The zero-order valence-corrected chi connectivity index (χ0v) is 21.1. The van der Waals surface area contributed by atoms with Crippen molar-refractivity contribution in [3.8, 4) is 22.4 Å². The van der Waals surface area contributed by atoms with Gasteiger partial charge in [0.2, 0.25) is 5.69 Å². The fraction of sp³-hybridized carbons (Fsp3) is 0.346. The van der Waals surface area contributed by atoms with Crippen LogP contribution in [-0.2, 0) is 7.05 Å². The van der Waals surface area contributed by atoms with Crippen molar-refractivity contribution in [2.75, 3.05) is 0 Å². The highest BCUT2D eigenvalue weighted by Gasteiger charge is 2.25. The molecule has 0 bridgehead atoms. The van der Waals surface area contributed by atoms with Crippen molar-refractivity contribution in [1.29, 1.82) is 0 Å². The van der Waals surface area contributed by atoms with E-state index in [-0.39, 0.29) is 0 Å². The Morgan fingerprint density at radius 2 is 1.45 bits per heavy atom. The van der Waals surface area contributed by atoms with Crippen LogP contribution in [0, 0.1) is 13.8 Å². The van der Waals surface area contributed by atoms with Gasteiger partial charge in [0.15, 0.2) is 6.20 Å². The van der Waals surface area contributed by atoms with E-state index in [9.17, 15) is 0 Å². The van der Waals surface area contributed by atoms with E-state index in [1.54, 1.807) is 12.3 Å². The van der Waals surface area contributed by atoms with Gasteiger partial charge in [0.05, 0.1) is 16.1 Å². The number of rotatable bonds is 4. The Balaban J connectivity index is 2.21. The molecule has 3 heteroatoms. The van der Waals surface area contributed by atoms with Crippen LogP contribution in [0.5, 0.6) is 0 Å². The van der Waals surface area contributed by atoms with Gasteiger partial charge in [0, 0.05) is 21.3 Å². The van der Waals surface area contributed by atoms with Gasteiger partial charge in [-0.2, -0.15) is 0 Å². The number of hydrogen-bond donors (Lipinski definition) is 0. The average Bonchev–Trinajstić information content (AvgIpc) is 2.66. The highest BCUT2D eigenvalue weighted by molar-refractivity contribution is 6.90. The van der Waals surface area contributed by atoms with Crippen LogP contribution in [0.25, 0.3) is 22.4 Å². The summed E-state index contributed by atoms with van der Waals surface area (Å²) in [6.07, 6.45) is 1.73. The minimum Gasteiger partial charge on any atom is -0.201 e. The largest absolute Gasteiger partial charge is 0.212 e. The van der Waals surface area contributed by atoms with Gasteiger partial charge in [0.25, 0.3) is 0 Å². The van der Waals surface area contributed by atoms with Crippen molar-refractivity contribution in [2.45, 2.75) is 53.1 Å². The summed E-state index contributed by atoms with van der Waals surface area (Å²) in [5, 5.41) is 2.93. The molecule has 1 heterocycles. The molecule has 0 N–H and O–H groups in total. The number of benzene rings is 2. The van der Waals surface area contributed by atoms with Gasteiger partial charge in [-0.25, -0.2) is 4.57 Å². The summed E-state index contributed by atoms with van der Waals surface area (Å²) in [6.45, 7) is 14.4. The van der Waals surface area contributed by atoms with Crippen molar-refractivity contribution in [2.24, 2.45) is 7.05 Å². The van der Waals surface area contributed by atoms with E-state index in [1.165, 1.54) is 27.1 Å². The first kappa shape index (κ1) is 17.8. The summed E-state index contributed by atoms with van der Waals surface area (Å²) in [5.74, 6) is 0. The van der Waals surface area contributed by atoms with Crippen LogP contribution in [-0.4, -0.2) is 16.1 Å². The maximum Gasteiger partial charge on any atom is 0.212 e. The van der Waals surface area contributed by atoms with Crippen LogP contribution in [0.2, 0.25) is 39.3 Å². The second-order valence-corrected chi connectivity index (χ2v) is 20.3. The van der Waals surface area contributed by atoms with Crippen LogP contribution >= 0.6 is 0 Å². The molecule has 3 rings (SSSR count). The maximum absolute atomic E-state index is 7.72. The molecular formula is C26H36NSi2+. The normalized spacial score (nSPS) is 14.3. The lowest BCUT2D eigenvalue weighted by Gasteiger charge is -2.24. The predicted octanol–water partition coefficient (Wildman–Crippen LogP) is 5.55. The van der Waals surface area contributed by atoms with E-state index in [0.29, 0.717) is 5.56 Å². The molecule has 3 aromatic rings. The SMILES string of the molecule is [2H]C([2H])([2H])c1ccc(-c2cc(-c3ccc([Si](C)(C)C)cc3)c([Si](C)(C)C)cc2C)[n+](C)c1. The van der Waals surface area contributed by atoms with Crippen LogP contribution < -0.4 is 14.9 Å². The second-order valence-electron chi connectivity index (χ2n) is 10.2. The van der Waals surface area contributed by atoms with Crippen molar-refractivity contribution in [1.82, 2.24) is 0 Å². The average molecular weight is 422 g/mol. The van der Waals surface area contributed by atoms with Crippen LogP contribution in [0.15, 0.2) is 54.7 Å². The first-order valence-electron chi connectivity index (χ1n) is 11.9. The molecule has 1 nitrogen and oxygen atoms in total. The topological polar surface area (TPSA) is 3.88 Å². The lowest BCUT2D eigenvalue weighted by molar-refractivity contribution is -0.660. The number of aromatic nitrogens is 1. The maximum atomic E-state index is 7.72. The molecule has 0 atom stereocenters. The van der Waals surface area contributed by atoms with Crippen molar-refractivity contribution in [3.63, 3.8) is 0 Å². The Labute approximate surface area is 183 Å². The zero-order valence-electron chi connectivity index (χ0n) is 22.1. The van der Waals surface area contributed by atoms with Gasteiger partial charge < -0.3 is 0 Å². The van der Waals surface area contributed by atoms with E-state index in [2.05, 4.69) is 82.6 Å². The summed E-state index contributed by atoms with van der Waals surface area (Å²) < 4.78 is 25.1. The third kappa shape index (κ3) is 4.62. The van der Waals surface area contributed by atoms with Gasteiger partial charge in [-0.15, -0.1) is 0 Å². The van der Waals surface area contributed by atoms with E-state index < -0.39 is 23.0 Å². The molecule has 0 aliphatic carbocycles. The summed E-state index contributed by atoms with van der Waals surface area (Å²) in [6, 6.07) is 17.5. The fourth-order valence-corrected chi connectivity index (χ4v) is 6.72. The van der Waals surface area contributed by atoms with E-state index >= 15 is 0 Å². The number of hydrogen-bond acceptors (Lipinski definition) is 0. The first-order valence-corrected chi connectivity index (χ1v) is 17.4. The molecule has 0 unspecified atom stereocenters. The molecule has 0 saturated carbocycles. The first-order chi connectivity index (χ1) is 14.6. The molecular weight excluding hydrogens is 382 g/mol. The Hall–Kier alpha value is -1.98. The Kier molecular flexibility index (Phi) is 4.73. The molecule has 0 aliphatic rings. The lowest BCUT2D eigenvalue weighted by atomic mass is 9.97. The lowest BCUT2D eigenvalue weighted by Crippen LogP contribution is -2.40. The van der Waals surface area contributed by atoms with Crippen molar-refractivity contribution >= 4 is 26.5 Å². The molecule has 152 valence electrons. The molecule has 29 heavy (non-hydrogen) atoms. The minimum atomic E-state index is -2.10. The highest BCUT2D eigenvalue weighted by Crippen LogP contribution is 2.29. The Bertz CT molecular complexity index is 1140. The Morgan fingerprint density at radius 3 is 1.97 bits per heavy atom. The molecule has 2 aromatic carbocycles. The smallest absolute Gasteiger partial charge is 0.201 e. The third-order valence-corrected chi connectivity index (χ3v) is 9.74. The third-order valence-electron chi connectivity index (χ3n) is 5.64.